The van der Waals surface area contributed by atoms with E-state index in [0.29, 0.717) is 0 Å². The molecule has 115 valence electrons. The van der Waals surface area contributed by atoms with Crippen LogP contribution in [0.3, 0.4) is 0 Å². The van der Waals surface area contributed by atoms with Crippen molar-refractivity contribution in [2.24, 2.45) is 5.92 Å². The van der Waals surface area contributed by atoms with Crippen LogP contribution in [0.2, 0.25) is 0 Å². The van der Waals surface area contributed by atoms with E-state index in [1.807, 2.05) is 18.2 Å². The van der Waals surface area contributed by atoms with Crippen LogP contribution in [0.1, 0.15) is 19.3 Å². The Balaban J connectivity index is 1.47. The van der Waals surface area contributed by atoms with E-state index in [-0.39, 0.29) is 0 Å². The van der Waals surface area contributed by atoms with Crippen molar-refractivity contribution in [2.75, 3.05) is 26.7 Å². The molecule has 0 bridgehead atoms. The number of ether oxygens (including phenoxy) is 1. The zero-order valence-corrected chi connectivity index (χ0v) is 13.3. The summed E-state index contributed by atoms with van der Waals surface area (Å²) >= 11 is 0. The number of benzene rings is 2. The Hall–Kier alpha value is -1.80. The zero-order valence-electron chi connectivity index (χ0n) is 13.3. The fourth-order valence-corrected chi connectivity index (χ4v) is 3.01. The number of hydrogen-bond donors (Lipinski definition) is 0. The summed E-state index contributed by atoms with van der Waals surface area (Å²) in [6.45, 7) is 3.29. The van der Waals surface area contributed by atoms with E-state index in [4.69, 9.17) is 4.74 Å². The summed E-state index contributed by atoms with van der Waals surface area (Å²) in [5.74, 6) is 1.80. The first kappa shape index (κ1) is 15.1. The monoisotopic (exact) mass is 294 g/mol. The predicted octanol–water partition coefficient (Wildman–Crippen LogP) is 4.26. The molecule has 1 heterocycles. The maximum atomic E-state index is 5.91. The Morgan fingerprint density at radius 3 is 2.55 bits per heavy atom. The van der Waals surface area contributed by atoms with E-state index >= 15 is 0 Å². The zero-order chi connectivity index (χ0) is 15.2. The Kier molecular flexibility index (Phi) is 5.12. The number of hydrogen-bond acceptors (Lipinski definition) is 2. The molecule has 2 nitrogen and oxygen atoms in total. The third-order valence-electron chi connectivity index (χ3n) is 4.53. The Bertz CT molecular complexity index is 556. The van der Waals surface area contributed by atoms with Gasteiger partial charge in [-0.2, -0.15) is 0 Å². The molecule has 0 unspecified atom stereocenters. The number of piperidine rings is 1. The van der Waals surface area contributed by atoms with Gasteiger partial charge in [0, 0.05) is 0 Å². The van der Waals surface area contributed by atoms with Crippen LogP contribution in [-0.2, 0) is 0 Å². The molecule has 1 aliphatic heterocycles. The minimum Gasteiger partial charge on any atom is -0.494 e. The van der Waals surface area contributed by atoms with Gasteiger partial charge in [0.25, 0.3) is 0 Å². The van der Waals surface area contributed by atoms with Gasteiger partial charge in [-0.1, -0.05) is 30.3 Å². The molecule has 1 saturated heterocycles. The van der Waals surface area contributed by atoms with Crippen molar-refractivity contribution in [3.05, 3.63) is 54.6 Å². The Labute approximate surface area is 133 Å². The van der Waals surface area contributed by atoms with Crippen molar-refractivity contribution in [3.63, 3.8) is 0 Å². The summed E-state index contributed by atoms with van der Waals surface area (Å²) in [5, 5.41) is 0. The summed E-state index contributed by atoms with van der Waals surface area (Å²) < 4.78 is 5.91. The van der Waals surface area contributed by atoms with Gasteiger partial charge in [-0.15, -0.1) is 0 Å². The van der Waals surface area contributed by atoms with Crippen LogP contribution >= 0.6 is 0 Å². The molecular weight excluding hydrogens is 270 g/mol. The first-order valence-electron chi connectivity index (χ1n) is 8.19. The molecule has 1 fully saturated rings. The Morgan fingerprint density at radius 2 is 1.86 bits per heavy atom. The molecule has 2 aromatic carbocycles. The lowest BCUT2D eigenvalue weighted by molar-refractivity contribution is 0.187. The standard InChI is InChI=1S/C20H24NO/c1-21-14-11-17(12-15-21)13-16-22-20-9-7-19(8-10-20)18-5-3-2-4-6-18/h2-3,5-10,17H,11-16H2,1H3. The maximum Gasteiger partial charge on any atom is 0.119 e. The molecule has 3 rings (SSSR count). The van der Waals surface area contributed by atoms with E-state index in [0.717, 1.165) is 18.3 Å². The fourth-order valence-electron chi connectivity index (χ4n) is 3.01. The highest BCUT2D eigenvalue weighted by molar-refractivity contribution is 5.63. The molecule has 2 aromatic rings. The second kappa shape index (κ2) is 7.46. The van der Waals surface area contributed by atoms with Gasteiger partial charge in [-0.25, -0.2) is 0 Å². The van der Waals surface area contributed by atoms with E-state index in [1.54, 1.807) is 0 Å². The number of likely N-dealkylation sites (tertiary alicyclic amines) is 1. The first-order chi connectivity index (χ1) is 10.8. The average Bonchev–Trinajstić information content (AvgIpc) is 2.58. The van der Waals surface area contributed by atoms with Crippen LogP contribution in [0.4, 0.5) is 0 Å². The molecule has 22 heavy (non-hydrogen) atoms. The van der Waals surface area contributed by atoms with Crippen LogP contribution in [0.15, 0.2) is 48.5 Å². The normalized spacial score (nSPS) is 16.6. The molecule has 1 aliphatic rings. The van der Waals surface area contributed by atoms with E-state index in [2.05, 4.69) is 48.3 Å². The van der Waals surface area contributed by atoms with Crippen molar-refractivity contribution >= 4 is 0 Å². The van der Waals surface area contributed by atoms with Crippen molar-refractivity contribution in [1.82, 2.24) is 4.90 Å². The number of nitrogens with zero attached hydrogens (tertiary/aromatic N) is 1. The predicted molar refractivity (Wildman–Crippen MR) is 91.0 cm³/mol. The average molecular weight is 294 g/mol. The third-order valence-corrected chi connectivity index (χ3v) is 4.53. The Morgan fingerprint density at radius 1 is 1.09 bits per heavy atom. The molecule has 1 radical (unpaired) electrons. The molecule has 2 heteroatoms. The number of rotatable bonds is 5. The van der Waals surface area contributed by atoms with Crippen molar-refractivity contribution < 1.29 is 4.74 Å². The lowest BCUT2D eigenvalue weighted by atomic mass is 9.94. The minimum atomic E-state index is 0.826. The largest absolute Gasteiger partial charge is 0.494 e. The van der Waals surface area contributed by atoms with E-state index < -0.39 is 0 Å². The van der Waals surface area contributed by atoms with Crippen LogP contribution in [0, 0.1) is 12.0 Å². The topological polar surface area (TPSA) is 12.5 Å². The molecule has 0 N–H and O–H groups in total. The SMILES string of the molecule is CN1CCC(CCOc2ccc(-c3c[c]ccc3)cc2)CC1. The highest BCUT2D eigenvalue weighted by Gasteiger charge is 2.16. The molecule has 0 atom stereocenters. The van der Waals surface area contributed by atoms with E-state index in [9.17, 15) is 0 Å². The van der Waals surface area contributed by atoms with Gasteiger partial charge < -0.3 is 9.64 Å². The van der Waals surface area contributed by atoms with Crippen LogP contribution in [0.25, 0.3) is 11.1 Å². The van der Waals surface area contributed by atoms with Gasteiger partial charge in [-0.3, -0.25) is 0 Å². The van der Waals surface area contributed by atoms with Crippen LogP contribution in [0.5, 0.6) is 5.75 Å². The molecule has 0 aromatic heterocycles. The summed E-state index contributed by atoms with van der Waals surface area (Å²) in [6, 6.07) is 19.5. The van der Waals surface area contributed by atoms with Crippen molar-refractivity contribution in [2.45, 2.75) is 19.3 Å². The summed E-state index contributed by atoms with van der Waals surface area (Å²) in [5.41, 5.74) is 2.40. The lowest BCUT2D eigenvalue weighted by Crippen LogP contribution is -2.30. The molecular formula is C20H24NO. The quantitative estimate of drug-likeness (QED) is 0.817. The van der Waals surface area contributed by atoms with Crippen LogP contribution < -0.4 is 4.74 Å². The second-order valence-electron chi connectivity index (χ2n) is 6.20. The lowest BCUT2D eigenvalue weighted by Gasteiger charge is -2.28. The highest BCUT2D eigenvalue weighted by Crippen LogP contribution is 2.23. The minimum absolute atomic E-state index is 0.826. The molecule has 0 saturated carbocycles. The molecule has 0 amide bonds. The van der Waals surface area contributed by atoms with Gasteiger partial charge in [-0.05, 0) is 80.7 Å². The van der Waals surface area contributed by atoms with Crippen LogP contribution in [-0.4, -0.2) is 31.6 Å². The first-order valence-corrected chi connectivity index (χ1v) is 8.19. The summed E-state index contributed by atoms with van der Waals surface area (Å²) in [6.07, 6.45) is 3.79. The van der Waals surface area contributed by atoms with Gasteiger partial charge in [0.15, 0.2) is 0 Å². The van der Waals surface area contributed by atoms with Gasteiger partial charge in [0.1, 0.15) is 5.75 Å². The fraction of sp³-hybridized carbons (Fsp3) is 0.400. The smallest absolute Gasteiger partial charge is 0.119 e. The van der Waals surface area contributed by atoms with Gasteiger partial charge >= 0.3 is 0 Å². The van der Waals surface area contributed by atoms with Crippen molar-refractivity contribution in [1.29, 1.82) is 0 Å². The van der Waals surface area contributed by atoms with E-state index in [1.165, 1.54) is 43.5 Å². The summed E-state index contributed by atoms with van der Waals surface area (Å²) in [4.78, 5) is 2.41. The molecule has 0 spiro atoms. The third kappa shape index (κ3) is 4.11. The summed E-state index contributed by atoms with van der Waals surface area (Å²) in [7, 11) is 2.21. The maximum absolute atomic E-state index is 5.91. The van der Waals surface area contributed by atoms with Gasteiger partial charge in [0.2, 0.25) is 0 Å². The second-order valence-corrected chi connectivity index (χ2v) is 6.20. The highest BCUT2D eigenvalue weighted by atomic mass is 16.5. The van der Waals surface area contributed by atoms with Gasteiger partial charge in [0.05, 0.1) is 6.61 Å². The van der Waals surface area contributed by atoms with Crippen molar-refractivity contribution in [3.8, 4) is 16.9 Å². The molecule has 0 aliphatic carbocycles.